The van der Waals surface area contributed by atoms with Crippen LogP contribution in [-0.4, -0.2) is 10.2 Å². The van der Waals surface area contributed by atoms with Gasteiger partial charge in [-0.2, -0.15) is 0 Å². The zero-order chi connectivity index (χ0) is 7.56. The summed E-state index contributed by atoms with van der Waals surface area (Å²) in [7, 11) is 3.12. The Morgan fingerprint density at radius 2 is 2.00 bits per heavy atom. The van der Waals surface area contributed by atoms with Crippen molar-refractivity contribution in [3.63, 3.8) is 0 Å². The van der Waals surface area contributed by atoms with Crippen LogP contribution >= 0.6 is 0 Å². The van der Waals surface area contributed by atoms with Crippen molar-refractivity contribution in [2.75, 3.05) is 0 Å². The van der Waals surface area contributed by atoms with E-state index in [-0.39, 0.29) is 0 Å². The minimum absolute atomic E-state index is 0.409. The third kappa shape index (κ3) is 1.42. The molecule has 1 rings (SSSR count). The van der Waals surface area contributed by atoms with E-state index in [9.17, 15) is 8.78 Å². The number of halogens is 2. The van der Waals surface area contributed by atoms with Crippen LogP contribution in [0.1, 0.15) is 5.56 Å². The highest BCUT2D eigenvalue weighted by Crippen LogP contribution is 2.08. The first-order valence-electron chi connectivity index (χ1n) is 2.82. The second-order valence-electron chi connectivity index (χ2n) is 1.91. The van der Waals surface area contributed by atoms with Gasteiger partial charge in [0.15, 0.2) is 0 Å². The van der Waals surface area contributed by atoms with Crippen molar-refractivity contribution >= 4 is 10.2 Å². The van der Waals surface area contributed by atoms with Gasteiger partial charge in [-0.05, 0) is 17.7 Å². The van der Waals surface area contributed by atoms with Gasteiger partial charge >= 0.3 is 0 Å². The monoisotopic (exact) mass is 155 g/mol. The molecule has 0 N–H and O–H groups in total. The fourth-order valence-electron chi connectivity index (χ4n) is 0.665. The van der Waals surface area contributed by atoms with Crippen molar-refractivity contribution in [3.8, 4) is 0 Å². The van der Waals surface area contributed by atoms with Crippen LogP contribution in [0.5, 0.6) is 0 Å². The molecule has 1 aromatic rings. The van der Waals surface area contributed by atoms with E-state index in [0.29, 0.717) is 11.6 Å². The van der Waals surface area contributed by atoms with Gasteiger partial charge in [-0.1, -0.05) is 6.07 Å². The van der Waals surface area contributed by atoms with E-state index < -0.39 is 11.6 Å². The van der Waals surface area contributed by atoms with Crippen LogP contribution in [0.25, 0.3) is 0 Å². The molecule has 0 aliphatic rings. The number of benzene rings is 1. The molecule has 3 heteroatoms. The molecule has 0 saturated carbocycles. The van der Waals surface area contributed by atoms with Crippen molar-refractivity contribution in [3.05, 3.63) is 35.4 Å². The summed E-state index contributed by atoms with van der Waals surface area (Å²) in [6.07, 6.45) is 0. The largest absolute Gasteiger partial charge is 0.207 e. The lowest BCUT2D eigenvalue weighted by atomic mass is 10.2. The first-order chi connectivity index (χ1) is 4.74. The van der Waals surface area contributed by atoms with Gasteiger partial charge in [0.25, 0.3) is 0 Å². The van der Waals surface area contributed by atoms with Crippen LogP contribution in [0.15, 0.2) is 18.2 Å². The Labute approximate surface area is 61.3 Å². The summed E-state index contributed by atoms with van der Waals surface area (Å²) in [5.41, 5.74) is 0.470. The summed E-state index contributed by atoms with van der Waals surface area (Å²) in [4.78, 5) is 0. The molecule has 0 aromatic heterocycles. The standard InChI is InChI=1S/C7H5F2Si/c8-6-2-1-5(4-10)7(9)3-6/h1-3H,4H2. The highest BCUT2D eigenvalue weighted by molar-refractivity contribution is 6.08. The van der Waals surface area contributed by atoms with Gasteiger partial charge in [0, 0.05) is 16.3 Å². The van der Waals surface area contributed by atoms with Crippen LogP contribution < -0.4 is 0 Å². The van der Waals surface area contributed by atoms with Crippen molar-refractivity contribution < 1.29 is 8.78 Å². The SMILES string of the molecule is Fc1ccc(C[Si])c(F)c1. The molecule has 3 radical (unpaired) electrons. The first kappa shape index (κ1) is 7.40. The molecular formula is C7H5F2Si. The maximum absolute atomic E-state index is 12.6. The van der Waals surface area contributed by atoms with E-state index in [2.05, 4.69) is 10.2 Å². The van der Waals surface area contributed by atoms with E-state index >= 15 is 0 Å². The fourth-order valence-corrected chi connectivity index (χ4v) is 0.952. The second kappa shape index (κ2) is 2.92. The molecular weight excluding hydrogens is 150 g/mol. The summed E-state index contributed by atoms with van der Waals surface area (Å²) >= 11 is 0. The minimum Gasteiger partial charge on any atom is -0.207 e. The molecule has 10 heavy (non-hydrogen) atoms. The molecule has 0 fully saturated rings. The lowest BCUT2D eigenvalue weighted by Crippen LogP contribution is -1.90. The summed E-state index contributed by atoms with van der Waals surface area (Å²) < 4.78 is 24.8. The fraction of sp³-hybridized carbons (Fsp3) is 0.143. The van der Waals surface area contributed by atoms with Gasteiger partial charge in [0.1, 0.15) is 11.6 Å². The highest BCUT2D eigenvalue weighted by Gasteiger charge is 1.99. The topological polar surface area (TPSA) is 0 Å². The summed E-state index contributed by atoms with van der Waals surface area (Å²) in [6.45, 7) is 0. The number of rotatable bonds is 1. The normalized spacial score (nSPS) is 9.90. The van der Waals surface area contributed by atoms with Gasteiger partial charge < -0.3 is 0 Å². The Kier molecular flexibility index (Phi) is 2.16. The van der Waals surface area contributed by atoms with E-state index in [1.165, 1.54) is 12.1 Å². The van der Waals surface area contributed by atoms with Crippen LogP contribution in [0.4, 0.5) is 8.78 Å². The molecule has 0 saturated heterocycles. The molecule has 0 nitrogen and oxygen atoms in total. The molecule has 0 heterocycles. The minimum atomic E-state index is -0.540. The lowest BCUT2D eigenvalue weighted by Gasteiger charge is -1.96. The third-order valence-electron chi connectivity index (χ3n) is 1.21. The average Bonchev–Trinajstić information content (AvgIpc) is 1.88. The molecule has 51 valence electrons. The zero-order valence-corrected chi connectivity index (χ0v) is 6.20. The summed E-state index contributed by atoms with van der Waals surface area (Å²) in [5.74, 6) is -1.05. The molecule has 0 amide bonds. The predicted molar refractivity (Wildman–Crippen MR) is 35.8 cm³/mol. The van der Waals surface area contributed by atoms with Gasteiger partial charge in [0.2, 0.25) is 0 Å². The predicted octanol–water partition coefficient (Wildman–Crippen LogP) is 1.63. The van der Waals surface area contributed by atoms with Crippen molar-refractivity contribution in [2.24, 2.45) is 0 Å². The highest BCUT2D eigenvalue weighted by atomic mass is 28.1. The Morgan fingerprint density at radius 3 is 2.50 bits per heavy atom. The maximum atomic E-state index is 12.6. The Hall–Kier alpha value is -0.703. The first-order valence-corrected chi connectivity index (χ1v) is 3.53. The summed E-state index contributed by atoms with van der Waals surface area (Å²) in [5, 5.41) is 0. The zero-order valence-electron chi connectivity index (χ0n) is 5.20. The molecule has 0 spiro atoms. The van der Waals surface area contributed by atoms with E-state index in [0.717, 1.165) is 6.07 Å². The van der Waals surface area contributed by atoms with Crippen molar-refractivity contribution in [1.82, 2.24) is 0 Å². The van der Waals surface area contributed by atoms with Crippen LogP contribution in [0.3, 0.4) is 0 Å². The van der Waals surface area contributed by atoms with Crippen LogP contribution in [0.2, 0.25) is 0 Å². The van der Waals surface area contributed by atoms with Gasteiger partial charge in [-0.25, -0.2) is 8.78 Å². The smallest absolute Gasteiger partial charge is 0.128 e. The van der Waals surface area contributed by atoms with Crippen LogP contribution in [-0.2, 0) is 6.04 Å². The molecule has 0 atom stereocenters. The molecule has 0 aliphatic carbocycles. The van der Waals surface area contributed by atoms with Gasteiger partial charge in [-0.3, -0.25) is 0 Å². The van der Waals surface area contributed by atoms with Crippen molar-refractivity contribution in [2.45, 2.75) is 6.04 Å². The van der Waals surface area contributed by atoms with Gasteiger partial charge in [-0.15, -0.1) is 0 Å². The average molecular weight is 155 g/mol. The van der Waals surface area contributed by atoms with E-state index in [1.807, 2.05) is 0 Å². The quantitative estimate of drug-likeness (QED) is 0.541. The molecule has 0 unspecified atom stereocenters. The third-order valence-corrected chi connectivity index (χ3v) is 1.59. The van der Waals surface area contributed by atoms with Crippen molar-refractivity contribution in [1.29, 1.82) is 0 Å². The van der Waals surface area contributed by atoms with Crippen LogP contribution in [0, 0.1) is 11.6 Å². The Balaban J connectivity index is 3.07. The van der Waals surface area contributed by atoms with E-state index in [1.54, 1.807) is 0 Å². The van der Waals surface area contributed by atoms with E-state index in [4.69, 9.17) is 0 Å². The molecule has 1 aromatic carbocycles. The second-order valence-corrected chi connectivity index (χ2v) is 2.27. The number of hydrogen-bond donors (Lipinski definition) is 0. The lowest BCUT2D eigenvalue weighted by molar-refractivity contribution is 0.576. The number of hydrogen-bond acceptors (Lipinski definition) is 0. The Morgan fingerprint density at radius 1 is 1.30 bits per heavy atom. The van der Waals surface area contributed by atoms with Gasteiger partial charge in [0.05, 0.1) is 0 Å². The Bertz CT molecular complexity index is 235. The molecule has 0 aliphatic heterocycles. The summed E-state index contributed by atoms with van der Waals surface area (Å²) in [6, 6.07) is 3.93. The maximum Gasteiger partial charge on any atom is 0.128 e. The molecule has 0 bridgehead atoms.